The zero-order valence-electron chi connectivity index (χ0n) is 11.5. The maximum absolute atomic E-state index is 12.9. The first-order chi connectivity index (χ1) is 9.98. The molecule has 3 rings (SSSR count). The van der Waals surface area contributed by atoms with Crippen molar-refractivity contribution in [3.8, 4) is 0 Å². The monoisotopic (exact) mass is 386 g/mol. The third-order valence-electron chi connectivity index (χ3n) is 3.40. The molecule has 1 aliphatic carbocycles. The molecule has 7 heteroatoms. The SMILES string of the molecule is Cc1cc(S(=O)(=O)N(Cc2ccccn2)C2CC2)sc1Br. The average molecular weight is 387 g/mol. The van der Waals surface area contributed by atoms with Crippen molar-refractivity contribution in [2.24, 2.45) is 0 Å². The predicted octanol–water partition coefficient (Wildman–Crippen LogP) is 3.57. The normalized spacial score (nSPS) is 15.6. The van der Waals surface area contributed by atoms with Crippen LogP contribution < -0.4 is 0 Å². The van der Waals surface area contributed by atoms with E-state index in [4.69, 9.17) is 0 Å². The molecule has 2 aromatic heterocycles. The van der Waals surface area contributed by atoms with E-state index in [0.717, 1.165) is 27.9 Å². The van der Waals surface area contributed by atoms with Gasteiger partial charge in [-0.2, -0.15) is 4.31 Å². The molecule has 0 aromatic carbocycles. The van der Waals surface area contributed by atoms with Gasteiger partial charge in [0.1, 0.15) is 4.21 Å². The molecule has 0 saturated heterocycles. The smallest absolute Gasteiger partial charge is 0.253 e. The van der Waals surface area contributed by atoms with E-state index in [2.05, 4.69) is 20.9 Å². The largest absolute Gasteiger partial charge is 0.260 e. The molecule has 1 aliphatic rings. The number of aryl methyl sites for hydroxylation is 1. The van der Waals surface area contributed by atoms with Crippen molar-refractivity contribution >= 4 is 37.3 Å². The Balaban J connectivity index is 1.93. The van der Waals surface area contributed by atoms with E-state index in [-0.39, 0.29) is 6.04 Å². The topological polar surface area (TPSA) is 50.3 Å². The maximum Gasteiger partial charge on any atom is 0.253 e. The minimum absolute atomic E-state index is 0.109. The van der Waals surface area contributed by atoms with Crippen molar-refractivity contribution in [2.45, 2.75) is 36.6 Å². The van der Waals surface area contributed by atoms with Crippen LogP contribution in [-0.4, -0.2) is 23.7 Å². The lowest BCUT2D eigenvalue weighted by Crippen LogP contribution is -2.32. The molecule has 112 valence electrons. The lowest BCUT2D eigenvalue weighted by Gasteiger charge is -2.20. The summed E-state index contributed by atoms with van der Waals surface area (Å²) >= 11 is 4.67. The van der Waals surface area contributed by atoms with Gasteiger partial charge in [0.05, 0.1) is 16.0 Å². The van der Waals surface area contributed by atoms with Gasteiger partial charge >= 0.3 is 0 Å². The predicted molar refractivity (Wildman–Crippen MR) is 86.7 cm³/mol. The van der Waals surface area contributed by atoms with Crippen LogP contribution in [0.15, 0.2) is 38.5 Å². The van der Waals surface area contributed by atoms with Crippen molar-refractivity contribution in [1.82, 2.24) is 9.29 Å². The average Bonchev–Trinajstić information content (AvgIpc) is 3.23. The molecule has 2 aromatic rings. The van der Waals surface area contributed by atoms with Crippen LogP contribution in [0.2, 0.25) is 0 Å². The maximum atomic E-state index is 12.9. The third-order valence-corrected chi connectivity index (χ3v) is 7.88. The van der Waals surface area contributed by atoms with E-state index in [1.165, 1.54) is 11.3 Å². The van der Waals surface area contributed by atoms with Gasteiger partial charge < -0.3 is 0 Å². The molecule has 0 unspecified atom stereocenters. The van der Waals surface area contributed by atoms with Crippen molar-refractivity contribution in [3.05, 3.63) is 45.5 Å². The summed E-state index contributed by atoms with van der Waals surface area (Å²) < 4.78 is 28.6. The van der Waals surface area contributed by atoms with E-state index < -0.39 is 10.0 Å². The van der Waals surface area contributed by atoms with Crippen molar-refractivity contribution < 1.29 is 8.42 Å². The number of rotatable bonds is 5. The second kappa shape index (κ2) is 5.79. The fraction of sp³-hybridized carbons (Fsp3) is 0.357. The van der Waals surface area contributed by atoms with Crippen molar-refractivity contribution in [2.75, 3.05) is 0 Å². The standard InChI is InChI=1S/C14H15BrN2O2S2/c1-10-8-13(20-14(10)15)21(18,19)17(12-5-6-12)9-11-4-2-3-7-16-11/h2-4,7-8,12H,5-6,9H2,1H3. The van der Waals surface area contributed by atoms with Crippen LogP contribution in [0.5, 0.6) is 0 Å². The first-order valence-corrected chi connectivity index (χ1v) is 9.71. The highest BCUT2D eigenvalue weighted by molar-refractivity contribution is 9.11. The summed E-state index contributed by atoms with van der Waals surface area (Å²) in [6, 6.07) is 7.42. The number of nitrogens with zero attached hydrogens (tertiary/aromatic N) is 2. The Morgan fingerprint density at radius 2 is 2.19 bits per heavy atom. The number of halogens is 1. The summed E-state index contributed by atoms with van der Waals surface area (Å²) in [6.07, 6.45) is 3.55. The van der Waals surface area contributed by atoms with E-state index in [0.29, 0.717) is 10.8 Å². The Hall–Kier alpha value is -0.760. The second-order valence-corrected chi connectivity index (χ2v) is 9.61. The Bertz CT molecular complexity index is 720. The number of pyridine rings is 1. The van der Waals surface area contributed by atoms with Gasteiger partial charge in [-0.25, -0.2) is 8.42 Å². The second-order valence-electron chi connectivity index (χ2n) is 5.12. The minimum Gasteiger partial charge on any atom is -0.260 e. The van der Waals surface area contributed by atoms with Gasteiger partial charge in [0.15, 0.2) is 0 Å². The molecule has 0 spiro atoms. The molecule has 0 amide bonds. The zero-order valence-corrected chi connectivity index (χ0v) is 14.7. The quantitative estimate of drug-likeness (QED) is 0.788. The Kier molecular flexibility index (Phi) is 4.18. The number of aromatic nitrogens is 1. The van der Waals surface area contributed by atoms with Gasteiger partial charge in [-0.15, -0.1) is 11.3 Å². The molecule has 2 heterocycles. The van der Waals surface area contributed by atoms with Gasteiger partial charge in [0, 0.05) is 12.2 Å². The van der Waals surface area contributed by atoms with Crippen molar-refractivity contribution in [3.63, 3.8) is 0 Å². The van der Waals surface area contributed by atoms with E-state index in [1.54, 1.807) is 16.6 Å². The van der Waals surface area contributed by atoms with E-state index in [1.807, 2.05) is 25.1 Å². The zero-order chi connectivity index (χ0) is 15.0. The van der Waals surface area contributed by atoms with Crippen LogP contribution >= 0.6 is 27.3 Å². The van der Waals surface area contributed by atoms with Gasteiger partial charge in [0.25, 0.3) is 10.0 Å². The molecule has 1 fully saturated rings. The summed E-state index contributed by atoms with van der Waals surface area (Å²) in [7, 11) is -3.46. The Morgan fingerprint density at radius 3 is 2.71 bits per heavy atom. The third kappa shape index (κ3) is 3.21. The van der Waals surface area contributed by atoms with Gasteiger partial charge in [-0.1, -0.05) is 6.07 Å². The molecule has 0 aliphatic heterocycles. The van der Waals surface area contributed by atoms with Crippen LogP contribution in [-0.2, 0) is 16.6 Å². The van der Waals surface area contributed by atoms with Crippen LogP contribution in [0.3, 0.4) is 0 Å². The van der Waals surface area contributed by atoms with Crippen molar-refractivity contribution in [1.29, 1.82) is 0 Å². The highest BCUT2D eigenvalue weighted by atomic mass is 79.9. The summed E-state index contributed by atoms with van der Waals surface area (Å²) in [5.41, 5.74) is 1.73. The highest BCUT2D eigenvalue weighted by Gasteiger charge is 2.39. The highest BCUT2D eigenvalue weighted by Crippen LogP contribution is 2.37. The number of thiophene rings is 1. The summed E-state index contributed by atoms with van der Waals surface area (Å²) in [6.45, 7) is 2.24. The molecule has 0 atom stereocenters. The van der Waals surface area contributed by atoms with Gasteiger partial charge in [-0.3, -0.25) is 4.98 Å². The Morgan fingerprint density at radius 1 is 1.43 bits per heavy atom. The lowest BCUT2D eigenvalue weighted by atomic mass is 10.3. The van der Waals surface area contributed by atoms with Gasteiger partial charge in [0.2, 0.25) is 0 Å². The Labute approximate surface area is 137 Å². The number of hydrogen-bond acceptors (Lipinski definition) is 4. The number of sulfonamides is 1. The molecule has 1 saturated carbocycles. The van der Waals surface area contributed by atoms with Gasteiger partial charge in [-0.05, 0) is 59.5 Å². The molecule has 21 heavy (non-hydrogen) atoms. The molecule has 0 radical (unpaired) electrons. The first kappa shape index (κ1) is 15.1. The summed E-state index contributed by atoms with van der Waals surface area (Å²) in [4.78, 5) is 4.25. The minimum atomic E-state index is -3.46. The van der Waals surface area contributed by atoms with Crippen LogP contribution in [0.25, 0.3) is 0 Å². The van der Waals surface area contributed by atoms with Crippen LogP contribution in [0.4, 0.5) is 0 Å². The van der Waals surface area contributed by atoms with Crippen LogP contribution in [0, 0.1) is 6.92 Å². The molecular formula is C14H15BrN2O2S2. The molecule has 0 N–H and O–H groups in total. The van der Waals surface area contributed by atoms with Crippen LogP contribution in [0.1, 0.15) is 24.1 Å². The first-order valence-electron chi connectivity index (χ1n) is 6.66. The van der Waals surface area contributed by atoms with E-state index >= 15 is 0 Å². The fourth-order valence-electron chi connectivity index (χ4n) is 2.10. The molecule has 4 nitrogen and oxygen atoms in total. The van der Waals surface area contributed by atoms with E-state index in [9.17, 15) is 8.42 Å². The molecule has 0 bridgehead atoms. The lowest BCUT2D eigenvalue weighted by molar-refractivity contribution is 0.395. The number of hydrogen-bond donors (Lipinski definition) is 0. The fourth-order valence-corrected chi connectivity index (χ4v) is 6.11. The summed E-state index contributed by atoms with van der Waals surface area (Å²) in [5.74, 6) is 0. The molecular weight excluding hydrogens is 372 g/mol. The summed E-state index contributed by atoms with van der Waals surface area (Å²) in [5, 5.41) is 0.